The van der Waals surface area contributed by atoms with Gasteiger partial charge in [0.05, 0.1) is 11.2 Å². The topological polar surface area (TPSA) is 72.8 Å². The molecule has 1 N–H and O–H groups in total. The van der Waals surface area contributed by atoms with Crippen molar-refractivity contribution in [3.8, 4) is 0 Å². The Kier molecular flexibility index (Phi) is 6.19. The van der Waals surface area contributed by atoms with Crippen LogP contribution >= 0.6 is 7.37 Å². The van der Waals surface area contributed by atoms with Gasteiger partial charge in [-0.15, -0.1) is 0 Å². The minimum absolute atomic E-state index is 0.262. The molecule has 0 aliphatic rings. The Hall–Kier alpha value is -1.16. The number of rotatable bonds is 6. The van der Waals surface area contributed by atoms with Crippen molar-refractivity contribution in [1.82, 2.24) is 0 Å². The van der Waals surface area contributed by atoms with Gasteiger partial charge < -0.3 is 4.52 Å². The highest BCUT2D eigenvalue weighted by Gasteiger charge is 2.37. The third-order valence-electron chi connectivity index (χ3n) is 3.52. The van der Waals surface area contributed by atoms with Crippen molar-refractivity contribution in [3.63, 3.8) is 0 Å². The maximum Gasteiger partial charge on any atom is 0.373 e. The van der Waals surface area contributed by atoms with Crippen LogP contribution in [0.4, 0.5) is 0 Å². The van der Waals surface area contributed by atoms with Crippen molar-refractivity contribution in [2.24, 2.45) is 0 Å². The normalized spacial score (nSPS) is 15.1. The molecule has 0 saturated heterocycles. The quantitative estimate of drug-likeness (QED) is 0.460. The van der Waals surface area contributed by atoms with Gasteiger partial charge in [0.2, 0.25) is 7.37 Å². The Balaban J connectivity index is 3.22. The number of hydrogen-bond donors (Lipinski definition) is 1. The minimum Gasteiger partial charge on any atom is -0.323 e. The maximum absolute atomic E-state index is 13.1. The summed E-state index contributed by atoms with van der Waals surface area (Å²) in [6.07, 6.45) is 0.712. The summed E-state index contributed by atoms with van der Waals surface area (Å²) >= 11 is 0. The first-order valence-corrected chi connectivity index (χ1v) is 9.68. The van der Waals surface area contributed by atoms with Crippen LogP contribution < -0.4 is 0 Å². The van der Waals surface area contributed by atoms with Gasteiger partial charge in [-0.2, -0.15) is 5.26 Å². The van der Waals surface area contributed by atoms with E-state index in [1.165, 1.54) is 0 Å². The first-order valence-electron chi connectivity index (χ1n) is 7.68. The van der Waals surface area contributed by atoms with Crippen molar-refractivity contribution in [3.05, 3.63) is 35.4 Å². The van der Waals surface area contributed by atoms with Crippen LogP contribution in [-0.2, 0) is 19.4 Å². The van der Waals surface area contributed by atoms with Gasteiger partial charge in [0.1, 0.15) is 0 Å². The average molecular weight is 342 g/mol. The van der Waals surface area contributed by atoms with Gasteiger partial charge in [0, 0.05) is 12.3 Å². The summed E-state index contributed by atoms with van der Waals surface area (Å²) in [6.45, 7) is 11.3. The summed E-state index contributed by atoms with van der Waals surface area (Å²) < 4.78 is 19.0. The SMILES string of the molecule is CCP(=O)(CC(C)(C)c1ccccc1C(=O)OO)OC(C)(C)C. The summed E-state index contributed by atoms with van der Waals surface area (Å²) in [5.41, 5.74) is -0.157. The fraction of sp³-hybridized carbons (Fsp3) is 0.588. The highest BCUT2D eigenvalue weighted by molar-refractivity contribution is 7.59. The van der Waals surface area contributed by atoms with E-state index in [-0.39, 0.29) is 5.56 Å². The zero-order chi connectivity index (χ0) is 17.9. The van der Waals surface area contributed by atoms with Crippen molar-refractivity contribution in [2.75, 3.05) is 12.3 Å². The summed E-state index contributed by atoms with van der Waals surface area (Å²) in [5, 5.41) is 8.68. The van der Waals surface area contributed by atoms with Crippen LogP contribution in [-0.4, -0.2) is 29.2 Å². The zero-order valence-electron chi connectivity index (χ0n) is 14.8. The number of hydrogen-bond acceptors (Lipinski definition) is 5. The van der Waals surface area contributed by atoms with E-state index in [0.717, 1.165) is 0 Å². The highest BCUT2D eigenvalue weighted by atomic mass is 31.2. The zero-order valence-corrected chi connectivity index (χ0v) is 15.6. The second-order valence-electron chi connectivity index (χ2n) is 7.30. The smallest absolute Gasteiger partial charge is 0.323 e. The van der Waals surface area contributed by atoms with E-state index < -0.39 is 24.4 Å². The molecule has 0 saturated carbocycles. The lowest BCUT2D eigenvalue weighted by molar-refractivity contribution is -0.182. The number of carbonyl (C=O) groups is 1. The largest absolute Gasteiger partial charge is 0.373 e. The number of carbonyl (C=O) groups excluding carboxylic acids is 1. The van der Waals surface area contributed by atoms with Gasteiger partial charge in [0.15, 0.2) is 0 Å². The molecule has 0 spiro atoms. The second-order valence-corrected chi connectivity index (χ2v) is 10.1. The second kappa shape index (κ2) is 7.16. The van der Waals surface area contributed by atoms with Gasteiger partial charge in [-0.25, -0.2) is 4.79 Å². The van der Waals surface area contributed by atoms with Crippen molar-refractivity contribution in [2.45, 2.75) is 52.6 Å². The molecule has 5 nitrogen and oxygen atoms in total. The summed E-state index contributed by atoms with van der Waals surface area (Å²) in [7, 11) is -2.88. The van der Waals surface area contributed by atoms with E-state index in [0.29, 0.717) is 17.9 Å². The molecule has 1 unspecified atom stereocenters. The summed E-state index contributed by atoms with van der Waals surface area (Å²) in [4.78, 5) is 15.6. The fourth-order valence-corrected chi connectivity index (χ4v) is 5.49. The molecule has 1 aromatic carbocycles. The molecule has 23 heavy (non-hydrogen) atoms. The van der Waals surface area contributed by atoms with Gasteiger partial charge in [0.25, 0.3) is 0 Å². The minimum atomic E-state index is -2.88. The van der Waals surface area contributed by atoms with E-state index in [4.69, 9.17) is 9.78 Å². The monoisotopic (exact) mass is 342 g/mol. The Morgan fingerprint density at radius 1 is 1.17 bits per heavy atom. The third kappa shape index (κ3) is 5.45. The lowest BCUT2D eigenvalue weighted by Crippen LogP contribution is -2.29. The van der Waals surface area contributed by atoms with E-state index in [1.807, 2.05) is 41.5 Å². The predicted octanol–water partition coefficient (Wildman–Crippen LogP) is 4.71. The van der Waals surface area contributed by atoms with E-state index >= 15 is 0 Å². The van der Waals surface area contributed by atoms with Gasteiger partial charge in [-0.1, -0.05) is 39.0 Å². The molecule has 6 heteroatoms. The molecule has 0 fully saturated rings. The Labute approximate surface area is 138 Å². The molecule has 0 aliphatic heterocycles. The van der Waals surface area contributed by atoms with Crippen molar-refractivity contribution >= 4 is 13.3 Å². The van der Waals surface area contributed by atoms with E-state index in [1.54, 1.807) is 24.3 Å². The molecular weight excluding hydrogens is 315 g/mol. The molecule has 1 rings (SSSR count). The van der Waals surface area contributed by atoms with Crippen molar-refractivity contribution in [1.29, 1.82) is 0 Å². The molecule has 130 valence electrons. The lowest BCUT2D eigenvalue weighted by Gasteiger charge is -2.34. The summed E-state index contributed by atoms with van der Waals surface area (Å²) in [6, 6.07) is 6.85. The molecule has 1 atom stereocenters. The fourth-order valence-electron chi connectivity index (χ4n) is 2.70. The molecule has 0 aliphatic carbocycles. The van der Waals surface area contributed by atoms with E-state index in [2.05, 4.69) is 4.89 Å². The Morgan fingerprint density at radius 2 is 1.74 bits per heavy atom. The molecular formula is C17H27O5P. The van der Waals surface area contributed by atoms with Gasteiger partial charge in [-0.3, -0.25) is 9.45 Å². The first-order chi connectivity index (χ1) is 10.4. The molecule has 1 aromatic rings. The molecule has 0 heterocycles. The molecule has 0 bridgehead atoms. The van der Waals surface area contributed by atoms with E-state index in [9.17, 15) is 9.36 Å². The van der Waals surface area contributed by atoms with Gasteiger partial charge >= 0.3 is 5.97 Å². The van der Waals surface area contributed by atoms with Crippen LogP contribution in [0.1, 0.15) is 57.5 Å². The van der Waals surface area contributed by atoms with Crippen LogP contribution in [0, 0.1) is 0 Å². The Bertz CT molecular complexity index is 601. The first kappa shape index (κ1) is 19.9. The highest BCUT2D eigenvalue weighted by Crippen LogP contribution is 2.54. The molecule has 0 aromatic heterocycles. The van der Waals surface area contributed by atoms with Crippen LogP contribution in [0.3, 0.4) is 0 Å². The molecule has 0 radical (unpaired) electrons. The lowest BCUT2D eigenvalue weighted by atomic mass is 9.83. The van der Waals surface area contributed by atoms with Crippen LogP contribution in [0.5, 0.6) is 0 Å². The van der Waals surface area contributed by atoms with Crippen molar-refractivity contribution < 1.29 is 24.0 Å². The summed E-state index contributed by atoms with van der Waals surface area (Å²) in [5.74, 6) is -0.822. The average Bonchev–Trinajstić information content (AvgIpc) is 2.44. The van der Waals surface area contributed by atoms with Gasteiger partial charge in [-0.05, 0) is 37.8 Å². The Morgan fingerprint density at radius 3 is 2.22 bits per heavy atom. The maximum atomic E-state index is 13.1. The van der Waals surface area contributed by atoms with Crippen LogP contribution in [0.2, 0.25) is 0 Å². The standard InChI is InChI=1S/C17H27O5P/c1-7-23(20,22-16(2,3)4)12-17(5,6)14-11-9-8-10-13(14)15(18)21-19/h8-11,19H,7,12H2,1-6H3. The molecule has 0 amide bonds. The number of benzene rings is 1. The predicted molar refractivity (Wildman–Crippen MR) is 91.4 cm³/mol. The van der Waals surface area contributed by atoms with Crippen LogP contribution in [0.15, 0.2) is 24.3 Å². The van der Waals surface area contributed by atoms with Crippen LogP contribution in [0.25, 0.3) is 0 Å². The third-order valence-corrected chi connectivity index (χ3v) is 6.63.